The first kappa shape index (κ1) is 59.4. The van der Waals surface area contributed by atoms with Crippen LogP contribution in [0.25, 0.3) is 0 Å². The molecular weight excluding hydrogens is 723 g/mol. The summed E-state index contributed by atoms with van der Waals surface area (Å²) in [5, 5.41) is 0. The summed E-state index contributed by atoms with van der Waals surface area (Å²) in [6, 6.07) is 0. The molecule has 0 amide bonds. The van der Waals surface area contributed by atoms with Gasteiger partial charge in [0, 0.05) is 0 Å². The average molecular weight is 842 g/mol. The molecule has 0 aliphatic rings. The largest absolute Gasteiger partial charge is 0.326 e. The minimum atomic E-state index is 1.31. The molecule has 358 valence electrons. The molecule has 0 rings (SSSR count). The van der Waals surface area contributed by atoms with Crippen molar-refractivity contribution in [3.63, 3.8) is 0 Å². The number of hydrogen-bond donors (Lipinski definition) is 0. The summed E-state index contributed by atoms with van der Waals surface area (Å²) in [5.74, 6) is 0. The number of allylic oxidation sites excluding steroid dienone is 4. The molecule has 0 N–H and O–H groups in total. The Bertz CT molecular complexity index is 768. The lowest BCUT2D eigenvalue weighted by molar-refractivity contribution is -0.910. The molecule has 0 unspecified atom stereocenters. The van der Waals surface area contributed by atoms with Crippen LogP contribution in [-0.4, -0.2) is 31.2 Å². The third-order valence-corrected chi connectivity index (χ3v) is 14.0. The number of quaternary nitrogens is 1. The lowest BCUT2D eigenvalue weighted by Crippen LogP contribution is -2.46. The quantitative estimate of drug-likeness (QED) is 0.0325. The van der Waals surface area contributed by atoms with Crippen LogP contribution < -0.4 is 0 Å². The van der Waals surface area contributed by atoms with Crippen molar-refractivity contribution in [2.75, 3.05) is 26.7 Å². The SMILES string of the molecule is CCCCCCCCC=CCCCCCCCC[N+](C)(CCCCCCCCC=CCCCCCCCC)CCCCCCCCCCCCCCCCCCCCCC. The van der Waals surface area contributed by atoms with Gasteiger partial charge in [0.1, 0.15) is 0 Å². The summed E-state index contributed by atoms with van der Waals surface area (Å²) in [5.41, 5.74) is 0. The summed E-state index contributed by atoms with van der Waals surface area (Å²) >= 11 is 0. The first-order chi connectivity index (χ1) is 29.7. The van der Waals surface area contributed by atoms with Crippen LogP contribution in [0.4, 0.5) is 0 Å². The van der Waals surface area contributed by atoms with Crippen LogP contribution in [0.3, 0.4) is 0 Å². The van der Waals surface area contributed by atoms with Gasteiger partial charge in [-0.3, -0.25) is 0 Å². The standard InChI is InChI=1S/C59H118N/c1-5-8-11-14-17-20-23-26-29-32-33-34-35-38-41-44-47-50-53-56-59-60(4,57-54-51-48-45-42-39-36-30-27-24-21-18-15-12-9-6-2)58-55-52-49-46-43-40-37-31-28-25-22-19-16-13-10-7-3/h27-28,30-31H,5-26,29,32-59H2,1-4H3/q+1. The normalized spacial score (nSPS) is 13.1. The maximum Gasteiger partial charge on any atom is 0.0784 e. The van der Waals surface area contributed by atoms with Gasteiger partial charge in [-0.15, -0.1) is 0 Å². The molecule has 0 saturated carbocycles. The third kappa shape index (κ3) is 50.1. The fraction of sp³-hybridized carbons (Fsp3) is 0.932. The van der Waals surface area contributed by atoms with Crippen LogP contribution in [0, 0.1) is 0 Å². The first-order valence-corrected chi connectivity index (χ1v) is 28.8. The van der Waals surface area contributed by atoms with Crippen molar-refractivity contribution in [1.82, 2.24) is 0 Å². The van der Waals surface area contributed by atoms with Crippen LogP contribution >= 0.6 is 0 Å². The van der Waals surface area contributed by atoms with E-state index in [4.69, 9.17) is 0 Å². The summed E-state index contributed by atoms with van der Waals surface area (Å²) in [6.07, 6.45) is 78.8. The Labute approximate surface area is 382 Å². The van der Waals surface area contributed by atoms with Crippen molar-refractivity contribution in [3.8, 4) is 0 Å². The molecule has 0 aromatic rings. The zero-order valence-electron chi connectivity index (χ0n) is 42.8. The summed E-state index contributed by atoms with van der Waals surface area (Å²) < 4.78 is 1.35. The molecule has 0 aromatic carbocycles. The van der Waals surface area contributed by atoms with Crippen LogP contribution in [0.2, 0.25) is 0 Å². The molecule has 1 nitrogen and oxygen atoms in total. The van der Waals surface area contributed by atoms with Crippen molar-refractivity contribution in [2.45, 2.75) is 329 Å². The van der Waals surface area contributed by atoms with Gasteiger partial charge in [-0.05, 0) is 89.9 Å². The molecule has 0 heterocycles. The predicted octanol–water partition coefficient (Wildman–Crippen LogP) is 21.3. The van der Waals surface area contributed by atoms with E-state index in [2.05, 4.69) is 52.1 Å². The minimum Gasteiger partial charge on any atom is -0.326 e. The second kappa shape index (κ2) is 52.8. The second-order valence-corrected chi connectivity index (χ2v) is 20.4. The fourth-order valence-electron chi connectivity index (χ4n) is 9.57. The fourth-order valence-corrected chi connectivity index (χ4v) is 9.57. The van der Waals surface area contributed by atoms with E-state index >= 15 is 0 Å². The maximum atomic E-state index is 2.63. The molecule has 0 aliphatic heterocycles. The number of hydrogen-bond acceptors (Lipinski definition) is 0. The first-order valence-electron chi connectivity index (χ1n) is 28.8. The summed E-state index contributed by atoms with van der Waals surface area (Å²) in [7, 11) is 2.63. The van der Waals surface area contributed by atoms with E-state index in [1.807, 2.05) is 0 Å². The maximum absolute atomic E-state index is 2.63. The Hall–Kier alpha value is -0.560. The van der Waals surface area contributed by atoms with Gasteiger partial charge in [0.25, 0.3) is 0 Å². The van der Waals surface area contributed by atoms with Crippen LogP contribution in [0.15, 0.2) is 24.3 Å². The Morgan fingerprint density at radius 2 is 0.350 bits per heavy atom. The smallest absolute Gasteiger partial charge is 0.0784 e. The van der Waals surface area contributed by atoms with Crippen LogP contribution in [0.1, 0.15) is 329 Å². The van der Waals surface area contributed by atoms with E-state index in [1.54, 1.807) is 0 Å². The van der Waals surface area contributed by atoms with Gasteiger partial charge in [0.15, 0.2) is 0 Å². The Balaban J connectivity index is 4.12. The molecular formula is C59H118N+. The summed E-state index contributed by atoms with van der Waals surface area (Å²) in [6.45, 7) is 11.2. The molecule has 0 radical (unpaired) electrons. The molecule has 0 aliphatic carbocycles. The molecule has 0 fully saturated rings. The monoisotopic (exact) mass is 841 g/mol. The lowest BCUT2D eigenvalue weighted by atomic mass is 10.0. The molecule has 0 spiro atoms. The van der Waals surface area contributed by atoms with Crippen molar-refractivity contribution in [3.05, 3.63) is 24.3 Å². The Kier molecular flexibility index (Phi) is 52.3. The zero-order chi connectivity index (χ0) is 43.4. The van der Waals surface area contributed by atoms with E-state index in [1.165, 1.54) is 332 Å². The predicted molar refractivity (Wildman–Crippen MR) is 278 cm³/mol. The second-order valence-electron chi connectivity index (χ2n) is 20.4. The van der Waals surface area contributed by atoms with E-state index in [0.29, 0.717) is 0 Å². The Morgan fingerprint density at radius 1 is 0.200 bits per heavy atom. The van der Waals surface area contributed by atoms with E-state index < -0.39 is 0 Å². The molecule has 0 saturated heterocycles. The van der Waals surface area contributed by atoms with Crippen LogP contribution in [-0.2, 0) is 0 Å². The Morgan fingerprint density at radius 3 is 0.533 bits per heavy atom. The van der Waals surface area contributed by atoms with Crippen molar-refractivity contribution in [1.29, 1.82) is 0 Å². The minimum absolute atomic E-state index is 1.31. The highest BCUT2D eigenvalue weighted by Crippen LogP contribution is 2.19. The summed E-state index contributed by atoms with van der Waals surface area (Å²) in [4.78, 5) is 0. The molecule has 1 heteroatoms. The molecule has 0 bridgehead atoms. The lowest BCUT2D eigenvalue weighted by Gasteiger charge is -2.35. The molecule has 60 heavy (non-hydrogen) atoms. The molecule has 0 atom stereocenters. The van der Waals surface area contributed by atoms with Gasteiger partial charge >= 0.3 is 0 Å². The topological polar surface area (TPSA) is 0 Å². The van der Waals surface area contributed by atoms with Gasteiger partial charge in [-0.25, -0.2) is 0 Å². The van der Waals surface area contributed by atoms with Gasteiger partial charge in [0.05, 0.1) is 26.7 Å². The highest BCUT2D eigenvalue weighted by atomic mass is 15.3. The zero-order valence-corrected chi connectivity index (χ0v) is 42.8. The van der Waals surface area contributed by atoms with Gasteiger partial charge in [0.2, 0.25) is 0 Å². The third-order valence-electron chi connectivity index (χ3n) is 14.0. The highest BCUT2D eigenvalue weighted by Gasteiger charge is 2.20. The highest BCUT2D eigenvalue weighted by molar-refractivity contribution is 4.82. The number of rotatable bonds is 53. The van der Waals surface area contributed by atoms with Gasteiger partial charge in [-0.1, -0.05) is 263 Å². The van der Waals surface area contributed by atoms with Crippen LogP contribution in [0.5, 0.6) is 0 Å². The van der Waals surface area contributed by atoms with E-state index in [0.717, 1.165) is 0 Å². The number of unbranched alkanes of at least 4 members (excludes halogenated alkanes) is 43. The molecule has 0 aromatic heterocycles. The average Bonchev–Trinajstić information content (AvgIpc) is 3.25. The van der Waals surface area contributed by atoms with E-state index in [9.17, 15) is 0 Å². The number of nitrogens with zero attached hydrogens (tertiary/aromatic N) is 1. The van der Waals surface area contributed by atoms with E-state index in [-0.39, 0.29) is 0 Å². The van der Waals surface area contributed by atoms with Crippen molar-refractivity contribution in [2.24, 2.45) is 0 Å². The van der Waals surface area contributed by atoms with Crippen molar-refractivity contribution >= 4 is 0 Å². The van der Waals surface area contributed by atoms with Gasteiger partial charge < -0.3 is 4.48 Å². The van der Waals surface area contributed by atoms with Crippen molar-refractivity contribution < 1.29 is 4.48 Å². The van der Waals surface area contributed by atoms with Gasteiger partial charge in [-0.2, -0.15) is 0 Å².